The Hall–Kier alpha value is -2.87. The summed E-state index contributed by atoms with van der Waals surface area (Å²) in [7, 11) is -3.80. The fraction of sp³-hybridized carbons (Fsp3) is 0.417. The van der Waals surface area contributed by atoms with Crippen molar-refractivity contribution in [3.8, 4) is 0 Å². The fourth-order valence-corrected chi connectivity index (χ4v) is 4.33. The monoisotopic (exact) mass is 459 g/mol. The summed E-state index contributed by atoms with van der Waals surface area (Å²) in [6.07, 6.45) is 0.809. The number of rotatable bonds is 8. The minimum atomic E-state index is -3.80. The molecule has 32 heavy (non-hydrogen) atoms. The van der Waals surface area contributed by atoms with Crippen LogP contribution in [0.5, 0.6) is 0 Å². The molecule has 3 N–H and O–H groups in total. The Balaban J connectivity index is 2.14. The fourth-order valence-electron chi connectivity index (χ4n) is 3.00. The predicted molar refractivity (Wildman–Crippen MR) is 127 cm³/mol. The number of amides is 2. The maximum atomic E-state index is 13.0. The molecule has 1 unspecified atom stereocenters. The molecule has 0 aliphatic rings. The van der Waals surface area contributed by atoms with Gasteiger partial charge in [-0.2, -0.15) is 0 Å². The third kappa shape index (κ3) is 6.56. The summed E-state index contributed by atoms with van der Waals surface area (Å²) in [6, 6.07) is 10.8. The van der Waals surface area contributed by atoms with Crippen molar-refractivity contribution in [2.75, 3.05) is 11.3 Å². The summed E-state index contributed by atoms with van der Waals surface area (Å²) in [5, 5.41) is 5.36. The highest BCUT2D eigenvalue weighted by molar-refractivity contribution is 7.92. The quantitative estimate of drug-likeness (QED) is 0.559. The van der Waals surface area contributed by atoms with Gasteiger partial charge in [0.1, 0.15) is 6.04 Å². The molecule has 0 heterocycles. The lowest BCUT2D eigenvalue weighted by atomic mass is 9.87. The van der Waals surface area contributed by atoms with Gasteiger partial charge in [0.15, 0.2) is 0 Å². The van der Waals surface area contributed by atoms with Gasteiger partial charge in [0.2, 0.25) is 5.91 Å². The van der Waals surface area contributed by atoms with Crippen molar-refractivity contribution in [2.24, 2.45) is 0 Å². The number of aryl methyl sites for hydroxylation is 1. The minimum Gasteiger partial charge on any atom is -0.354 e. The van der Waals surface area contributed by atoms with Crippen molar-refractivity contribution in [3.05, 3.63) is 59.2 Å². The Kier molecular flexibility index (Phi) is 8.07. The second kappa shape index (κ2) is 10.2. The molecule has 2 aromatic carbocycles. The van der Waals surface area contributed by atoms with Gasteiger partial charge in [-0.25, -0.2) is 8.42 Å². The van der Waals surface area contributed by atoms with Crippen molar-refractivity contribution in [1.82, 2.24) is 10.6 Å². The molecule has 0 spiro atoms. The molecule has 0 saturated heterocycles. The maximum absolute atomic E-state index is 13.0. The van der Waals surface area contributed by atoms with E-state index in [2.05, 4.69) is 15.4 Å². The van der Waals surface area contributed by atoms with Gasteiger partial charge < -0.3 is 10.6 Å². The lowest BCUT2D eigenvalue weighted by molar-refractivity contribution is -0.122. The Morgan fingerprint density at radius 3 is 2.22 bits per heavy atom. The molecule has 174 valence electrons. The molecule has 7 nitrogen and oxygen atoms in total. The van der Waals surface area contributed by atoms with E-state index in [1.54, 1.807) is 26.0 Å². The summed E-state index contributed by atoms with van der Waals surface area (Å²) in [6.45, 7) is 11.9. The molecule has 0 bridgehead atoms. The standard InChI is InChI=1S/C24H33N3O4S/c1-7-14-25-22(28)17(3)26-23(29)18-9-12-20(13-10-18)27-32(30,31)21-15-19(24(4,5)6)11-8-16(21)2/h8-13,15,17,27H,7,14H2,1-6H3,(H,25,28)(H,26,29). The normalized spacial score (nSPS) is 12.7. The highest BCUT2D eigenvalue weighted by Gasteiger charge is 2.22. The van der Waals surface area contributed by atoms with Crippen LogP contribution in [-0.4, -0.2) is 32.8 Å². The van der Waals surface area contributed by atoms with Crippen LogP contribution in [0.3, 0.4) is 0 Å². The SMILES string of the molecule is CCCNC(=O)C(C)NC(=O)c1ccc(NS(=O)(=O)c2cc(C(C)(C)C)ccc2C)cc1. The smallest absolute Gasteiger partial charge is 0.262 e. The van der Waals surface area contributed by atoms with Crippen molar-refractivity contribution >= 4 is 27.5 Å². The van der Waals surface area contributed by atoms with Crippen LogP contribution in [0, 0.1) is 6.92 Å². The number of carbonyl (C=O) groups excluding carboxylic acids is 2. The van der Waals surface area contributed by atoms with Gasteiger partial charge in [-0.3, -0.25) is 14.3 Å². The third-order valence-corrected chi connectivity index (χ3v) is 6.56. The number of anilines is 1. The third-order valence-electron chi connectivity index (χ3n) is 5.03. The molecule has 1 atom stereocenters. The molecular formula is C24H33N3O4S. The first-order valence-corrected chi connectivity index (χ1v) is 12.2. The first-order valence-electron chi connectivity index (χ1n) is 10.7. The van der Waals surface area contributed by atoms with Gasteiger partial charge in [0.25, 0.3) is 15.9 Å². The number of carbonyl (C=O) groups is 2. The van der Waals surface area contributed by atoms with Crippen LogP contribution >= 0.6 is 0 Å². The van der Waals surface area contributed by atoms with Gasteiger partial charge in [0, 0.05) is 17.8 Å². The minimum absolute atomic E-state index is 0.183. The number of hydrogen-bond donors (Lipinski definition) is 3. The lowest BCUT2D eigenvalue weighted by Crippen LogP contribution is -2.44. The summed E-state index contributed by atoms with van der Waals surface area (Å²) < 4.78 is 28.6. The summed E-state index contributed by atoms with van der Waals surface area (Å²) >= 11 is 0. The zero-order valence-electron chi connectivity index (χ0n) is 19.6. The van der Waals surface area contributed by atoms with Crippen LogP contribution in [0.15, 0.2) is 47.4 Å². The van der Waals surface area contributed by atoms with Crippen molar-refractivity contribution in [3.63, 3.8) is 0 Å². The van der Waals surface area contributed by atoms with Crippen molar-refractivity contribution < 1.29 is 18.0 Å². The molecule has 0 fully saturated rings. The lowest BCUT2D eigenvalue weighted by Gasteiger charge is -2.21. The van der Waals surface area contributed by atoms with E-state index in [0.717, 1.165) is 12.0 Å². The Morgan fingerprint density at radius 1 is 1.03 bits per heavy atom. The number of nitrogens with one attached hydrogen (secondary N) is 3. The zero-order valence-corrected chi connectivity index (χ0v) is 20.4. The first kappa shape index (κ1) is 25.4. The second-order valence-corrected chi connectivity index (χ2v) is 10.6. The van der Waals surface area contributed by atoms with Crippen LogP contribution in [0.4, 0.5) is 5.69 Å². The molecular weight excluding hydrogens is 426 g/mol. The van der Waals surface area contributed by atoms with E-state index >= 15 is 0 Å². The topological polar surface area (TPSA) is 104 Å². The van der Waals surface area contributed by atoms with Crippen LogP contribution in [0.25, 0.3) is 0 Å². The molecule has 0 aromatic heterocycles. The summed E-state index contributed by atoms with van der Waals surface area (Å²) in [5.41, 5.74) is 2.06. The Morgan fingerprint density at radius 2 is 1.66 bits per heavy atom. The van der Waals surface area contributed by atoms with Gasteiger partial charge in [0.05, 0.1) is 4.90 Å². The highest BCUT2D eigenvalue weighted by Crippen LogP contribution is 2.27. The van der Waals surface area contributed by atoms with Crippen molar-refractivity contribution in [2.45, 2.75) is 64.3 Å². The van der Waals surface area contributed by atoms with E-state index in [4.69, 9.17) is 0 Å². The van der Waals surface area contributed by atoms with E-state index in [-0.39, 0.29) is 16.2 Å². The predicted octanol–water partition coefficient (Wildman–Crippen LogP) is 3.74. The molecule has 0 aliphatic carbocycles. The van der Waals surface area contributed by atoms with Gasteiger partial charge in [-0.15, -0.1) is 0 Å². The summed E-state index contributed by atoms with van der Waals surface area (Å²) in [5.74, 6) is -0.662. The van der Waals surface area contributed by atoms with Crippen LogP contribution in [0.1, 0.15) is 62.5 Å². The average Bonchev–Trinajstić information content (AvgIpc) is 2.71. The number of sulfonamides is 1. The molecule has 0 radical (unpaired) electrons. The molecule has 8 heteroatoms. The van der Waals surface area contributed by atoms with E-state index in [1.165, 1.54) is 24.3 Å². The van der Waals surface area contributed by atoms with E-state index in [9.17, 15) is 18.0 Å². The average molecular weight is 460 g/mol. The number of hydrogen-bond acceptors (Lipinski definition) is 4. The largest absolute Gasteiger partial charge is 0.354 e. The second-order valence-electron chi connectivity index (χ2n) is 8.90. The molecule has 2 amide bonds. The van der Waals surface area contributed by atoms with Crippen molar-refractivity contribution in [1.29, 1.82) is 0 Å². The zero-order chi connectivity index (χ0) is 24.1. The first-order chi connectivity index (χ1) is 14.8. The molecule has 2 aromatic rings. The van der Waals surface area contributed by atoms with Gasteiger partial charge in [-0.1, -0.05) is 39.8 Å². The van der Waals surface area contributed by atoms with E-state index < -0.39 is 22.0 Å². The number of benzene rings is 2. The van der Waals surface area contributed by atoms with Gasteiger partial charge >= 0.3 is 0 Å². The van der Waals surface area contributed by atoms with Crippen LogP contribution in [0.2, 0.25) is 0 Å². The highest BCUT2D eigenvalue weighted by atomic mass is 32.2. The molecule has 0 saturated carbocycles. The van der Waals surface area contributed by atoms with Gasteiger partial charge in [-0.05, 0) is 67.1 Å². The Bertz CT molecular complexity index is 1070. The van der Waals surface area contributed by atoms with E-state index in [1.807, 2.05) is 33.8 Å². The van der Waals surface area contributed by atoms with Crippen LogP contribution in [-0.2, 0) is 20.2 Å². The molecule has 0 aliphatic heterocycles. The molecule has 2 rings (SSSR count). The van der Waals surface area contributed by atoms with E-state index in [0.29, 0.717) is 23.4 Å². The van der Waals surface area contributed by atoms with Crippen LogP contribution < -0.4 is 15.4 Å². The summed E-state index contributed by atoms with van der Waals surface area (Å²) in [4.78, 5) is 24.5. The Labute approximate surface area is 191 Å². The maximum Gasteiger partial charge on any atom is 0.262 e.